The number of carbonyl (C=O) groups is 1. The number of nitrogens with zero attached hydrogens (tertiary/aromatic N) is 2. The highest BCUT2D eigenvalue weighted by Crippen LogP contribution is 2.27. The second-order valence-corrected chi connectivity index (χ2v) is 3.48. The first-order chi connectivity index (χ1) is 6.34. The second kappa shape index (κ2) is 3.60. The van der Waals surface area contributed by atoms with E-state index < -0.39 is 0 Å². The highest BCUT2D eigenvalue weighted by atomic mass is 16.1. The predicted octanol–water partition coefficient (Wildman–Crippen LogP) is 0.409. The first kappa shape index (κ1) is 8.29. The molecule has 1 amide bonds. The molecule has 0 atom stereocenters. The van der Waals surface area contributed by atoms with Gasteiger partial charge in [-0.25, -0.2) is 4.98 Å². The molecule has 4 heteroatoms. The number of amides is 1. The zero-order chi connectivity index (χ0) is 9.10. The fourth-order valence-electron chi connectivity index (χ4n) is 1.18. The number of aromatic nitrogens is 2. The quantitative estimate of drug-likeness (QED) is 0.727. The van der Waals surface area contributed by atoms with Crippen LogP contribution < -0.4 is 5.32 Å². The summed E-state index contributed by atoms with van der Waals surface area (Å²) in [5.74, 6) is 0.816. The molecular formula is C9H13N3O. The lowest BCUT2D eigenvalue weighted by molar-refractivity contribution is -0.121. The molecule has 1 fully saturated rings. The van der Waals surface area contributed by atoms with Crippen LogP contribution in [-0.4, -0.2) is 22.0 Å². The van der Waals surface area contributed by atoms with E-state index in [1.165, 1.54) is 12.8 Å². The summed E-state index contributed by atoms with van der Waals surface area (Å²) in [4.78, 5) is 15.1. The van der Waals surface area contributed by atoms with E-state index in [4.69, 9.17) is 0 Å². The van der Waals surface area contributed by atoms with E-state index in [0.717, 1.165) is 12.5 Å². The van der Waals surface area contributed by atoms with Crippen LogP contribution in [0.25, 0.3) is 0 Å². The average Bonchev–Trinajstić information content (AvgIpc) is 2.82. The fraction of sp³-hybridized carbons (Fsp3) is 0.556. The number of hydrogen-bond acceptors (Lipinski definition) is 2. The van der Waals surface area contributed by atoms with Gasteiger partial charge in [0.05, 0.1) is 6.33 Å². The first-order valence-corrected chi connectivity index (χ1v) is 4.57. The molecule has 1 saturated carbocycles. The van der Waals surface area contributed by atoms with Crippen molar-refractivity contribution >= 4 is 5.91 Å². The summed E-state index contributed by atoms with van der Waals surface area (Å²) in [6, 6.07) is 0. The van der Waals surface area contributed by atoms with Crippen LogP contribution in [0.4, 0.5) is 0 Å². The van der Waals surface area contributed by atoms with Crippen LogP contribution in [0.5, 0.6) is 0 Å². The lowest BCUT2D eigenvalue weighted by Crippen LogP contribution is -2.28. The van der Waals surface area contributed by atoms with E-state index in [1.807, 2.05) is 0 Å². The van der Waals surface area contributed by atoms with Gasteiger partial charge < -0.3 is 9.88 Å². The van der Waals surface area contributed by atoms with Crippen LogP contribution in [0, 0.1) is 5.92 Å². The highest BCUT2D eigenvalue weighted by Gasteiger charge is 2.21. The van der Waals surface area contributed by atoms with Crippen molar-refractivity contribution in [2.45, 2.75) is 19.4 Å². The van der Waals surface area contributed by atoms with Crippen LogP contribution in [-0.2, 0) is 11.3 Å². The molecule has 4 nitrogen and oxygen atoms in total. The Morgan fingerprint density at radius 2 is 2.46 bits per heavy atom. The SMILES string of the molecule is O=C(Cn1ccnc1)NCC1CC1. The van der Waals surface area contributed by atoms with Gasteiger partial charge in [-0.2, -0.15) is 0 Å². The number of nitrogens with one attached hydrogen (secondary N) is 1. The van der Waals surface area contributed by atoms with Crippen molar-refractivity contribution in [1.29, 1.82) is 0 Å². The van der Waals surface area contributed by atoms with Crippen LogP contribution in [0.15, 0.2) is 18.7 Å². The number of rotatable bonds is 4. The van der Waals surface area contributed by atoms with Crippen molar-refractivity contribution in [2.24, 2.45) is 5.92 Å². The van der Waals surface area contributed by atoms with Gasteiger partial charge in [-0.15, -0.1) is 0 Å². The Kier molecular flexibility index (Phi) is 2.29. The molecule has 1 N–H and O–H groups in total. The summed E-state index contributed by atoms with van der Waals surface area (Å²) in [7, 11) is 0. The van der Waals surface area contributed by atoms with Gasteiger partial charge in [0, 0.05) is 18.9 Å². The van der Waals surface area contributed by atoms with Gasteiger partial charge in [0.2, 0.25) is 5.91 Å². The van der Waals surface area contributed by atoms with E-state index in [-0.39, 0.29) is 5.91 Å². The third-order valence-corrected chi connectivity index (χ3v) is 2.17. The Balaban J connectivity index is 1.71. The Labute approximate surface area is 77.0 Å². The van der Waals surface area contributed by atoms with Gasteiger partial charge in [0.1, 0.15) is 6.54 Å². The zero-order valence-corrected chi connectivity index (χ0v) is 7.44. The largest absolute Gasteiger partial charge is 0.354 e. The molecule has 70 valence electrons. The van der Waals surface area contributed by atoms with E-state index in [0.29, 0.717) is 6.54 Å². The van der Waals surface area contributed by atoms with Crippen LogP contribution in [0.1, 0.15) is 12.8 Å². The molecule has 1 heterocycles. The lowest BCUT2D eigenvalue weighted by Gasteiger charge is -2.03. The summed E-state index contributed by atoms with van der Waals surface area (Å²) < 4.78 is 1.77. The monoisotopic (exact) mass is 179 g/mol. The van der Waals surface area contributed by atoms with Crippen molar-refractivity contribution in [3.8, 4) is 0 Å². The van der Waals surface area contributed by atoms with Crippen molar-refractivity contribution in [1.82, 2.24) is 14.9 Å². The Hall–Kier alpha value is -1.32. The number of hydrogen-bond donors (Lipinski definition) is 1. The van der Waals surface area contributed by atoms with Crippen LogP contribution in [0.3, 0.4) is 0 Å². The summed E-state index contributed by atoms with van der Waals surface area (Å²) in [6.07, 6.45) is 7.65. The van der Waals surface area contributed by atoms with E-state index >= 15 is 0 Å². The van der Waals surface area contributed by atoms with Crippen molar-refractivity contribution in [3.05, 3.63) is 18.7 Å². The van der Waals surface area contributed by atoms with Gasteiger partial charge >= 0.3 is 0 Å². The second-order valence-electron chi connectivity index (χ2n) is 3.48. The summed E-state index contributed by atoms with van der Waals surface area (Å²) >= 11 is 0. The van der Waals surface area contributed by atoms with Crippen molar-refractivity contribution in [3.63, 3.8) is 0 Å². The minimum absolute atomic E-state index is 0.0740. The average molecular weight is 179 g/mol. The molecule has 2 rings (SSSR count). The molecule has 0 unspecified atom stereocenters. The molecule has 0 radical (unpaired) electrons. The third-order valence-electron chi connectivity index (χ3n) is 2.17. The fourth-order valence-corrected chi connectivity index (χ4v) is 1.18. The molecule has 1 aliphatic carbocycles. The minimum atomic E-state index is 0.0740. The topological polar surface area (TPSA) is 46.9 Å². The third kappa shape index (κ3) is 2.57. The van der Waals surface area contributed by atoms with Gasteiger partial charge in [0.25, 0.3) is 0 Å². The van der Waals surface area contributed by atoms with Gasteiger partial charge in [-0.05, 0) is 18.8 Å². The standard InChI is InChI=1S/C9H13N3O/c13-9(11-5-8-1-2-8)6-12-4-3-10-7-12/h3-4,7-8H,1-2,5-6H2,(H,11,13). The smallest absolute Gasteiger partial charge is 0.239 e. The van der Waals surface area contributed by atoms with Gasteiger partial charge in [-0.1, -0.05) is 0 Å². The molecule has 1 aromatic heterocycles. The molecule has 0 saturated heterocycles. The molecule has 0 aromatic carbocycles. The zero-order valence-electron chi connectivity index (χ0n) is 7.44. The lowest BCUT2D eigenvalue weighted by atomic mass is 10.4. The summed E-state index contributed by atoms with van der Waals surface area (Å²) in [6.45, 7) is 1.22. The Morgan fingerprint density at radius 3 is 3.08 bits per heavy atom. The van der Waals surface area contributed by atoms with Crippen LogP contribution >= 0.6 is 0 Å². The first-order valence-electron chi connectivity index (χ1n) is 4.57. The van der Waals surface area contributed by atoms with Gasteiger partial charge in [0.15, 0.2) is 0 Å². The number of carbonyl (C=O) groups excluding carboxylic acids is 1. The summed E-state index contributed by atoms with van der Waals surface area (Å²) in [5.41, 5.74) is 0. The minimum Gasteiger partial charge on any atom is -0.354 e. The highest BCUT2D eigenvalue weighted by molar-refractivity contribution is 5.75. The molecule has 0 aliphatic heterocycles. The maximum Gasteiger partial charge on any atom is 0.239 e. The molecule has 0 spiro atoms. The Bertz CT molecular complexity index is 277. The Morgan fingerprint density at radius 1 is 1.62 bits per heavy atom. The van der Waals surface area contributed by atoms with Crippen LogP contribution in [0.2, 0.25) is 0 Å². The molecule has 1 aliphatic rings. The predicted molar refractivity (Wildman–Crippen MR) is 48.0 cm³/mol. The van der Waals surface area contributed by atoms with E-state index in [2.05, 4.69) is 10.3 Å². The van der Waals surface area contributed by atoms with Gasteiger partial charge in [-0.3, -0.25) is 4.79 Å². The molecule has 1 aromatic rings. The molecule has 13 heavy (non-hydrogen) atoms. The maximum absolute atomic E-state index is 11.3. The van der Waals surface area contributed by atoms with E-state index in [1.54, 1.807) is 23.3 Å². The van der Waals surface area contributed by atoms with Crippen molar-refractivity contribution in [2.75, 3.05) is 6.54 Å². The normalized spacial score (nSPS) is 15.7. The molecule has 0 bridgehead atoms. The molecular weight excluding hydrogens is 166 g/mol. The number of imidazole rings is 1. The maximum atomic E-state index is 11.3. The summed E-state index contributed by atoms with van der Waals surface area (Å²) in [5, 5.41) is 2.90. The van der Waals surface area contributed by atoms with E-state index in [9.17, 15) is 4.79 Å². The van der Waals surface area contributed by atoms with Crippen molar-refractivity contribution < 1.29 is 4.79 Å².